The van der Waals surface area contributed by atoms with Crippen molar-refractivity contribution in [2.45, 2.75) is 57.6 Å². The van der Waals surface area contributed by atoms with E-state index < -0.39 is 0 Å². The molecule has 1 aliphatic heterocycles. The van der Waals surface area contributed by atoms with Gasteiger partial charge in [0.15, 0.2) is 0 Å². The van der Waals surface area contributed by atoms with E-state index in [1.807, 2.05) is 0 Å². The maximum Gasteiger partial charge on any atom is 0.0952 e. The predicted octanol–water partition coefficient (Wildman–Crippen LogP) is 3.86. The maximum atomic E-state index is 5.98. The Morgan fingerprint density at radius 1 is 1.15 bits per heavy atom. The molecular weight excluding hydrogens is 246 g/mol. The fourth-order valence-corrected chi connectivity index (χ4v) is 3.69. The van der Waals surface area contributed by atoms with Gasteiger partial charge in [-0.3, -0.25) is 0 Å². The summed E-state index contributed by atoms with van der Waals surface area (Å²) in [6.45, 7) is 4.16. The third-order valence-corrected chi connectivity index (χ3v) is 5.11. The van der Waals surface area contributed by atoms with Gasteiger partial charge in [-0.25, -0.2) is 0 Å². The van der Waals surface area contributed by atoms with Gasteiger partial charge in [0.25, 0.3) is 0 Å². The fourth-order valence-electron chi connectivity index (χ4n) is 3.69. The quantitative estimate of drug-likeness (QED) is 0.899. The van der Waals surface area contributed by atoms with Gasteiger partial charge in [-0.05, 0) is 49.1 Å². The SMILES string of the molecule is CCC1CCC(NCC2OCCc3ccccc32)CC1. The van der Waals surface area contributed by atoms with Crippen LogP contribution in [0.3, 0.4) is 0 Å². The molecule has 0 amide bonds. The van der Waals surface area contributed by atoms with Crippen LogP contribution in [0.25, 0.3) is 0 Å². The molecule has 2 nitrogen and oxygen atoms in total. The first kappa shape index (κ1) is 14.1. The topological polar surface area (TPSA) is 21.3 Å². The summed E-state index contributed by atoms with van der Waals surface area (Å²) in [6.07, 6.45) is 8.15. The molecule has 0 saturated heterocycles. The lowest BCUT2D eigenvalue weighted by Gasteiger charge is -2.31. The van der Waals surface area contributed by atoms with E-state index in [4.69, 9.17) is 4.74 Å². The summed E-state index contributed by atoms with van der Waals surface area (Å²) in [5, 5.41) is 3.75. The van der Waals surface area contributed by atoms with Crippen molar-refractivity contribution < 1.29 is 4.74 Å². The summed E-state index contributed by atoms with van der Waals surface area (Å²) < 4.78 is 5.98. The minimum atomic E-state index is 0.254. The summed E-state index contributed by atoms with van der Waals surface area (Å²) >= 11 is 0. The Morgan fingerprint density at radius 2 is 1.95 bits per heavy atom. The van der Waals surface area contributed by atoms with Crippen molar-refractivity contribution >= 4 is 0 Å². The van der Waals surface area contributed by atoms with Crippen LogP contribution in [0.5, 0.6) is 0 Å². The van der Waals surface area contributed by atoms with Crippen molar-refractivity contribution in [3.05, 3.63) is 35.4 Å². The molecule has 1 aromatic rings. The van der Waals surface area contributed by atoms with Gasteiger partial charge in [-0.2, -0.15) is 0 Å². The number of nitrogens with one attached hydrogen (secondary N) is 1. The van der Waals surface area contributed by atoms with Crippen LogP contribution < -0.4 is 5.32 Å². The Labute approximate surface area is 122 Å². The molecule has 1 fully saturated rings. The van der Waals surface area contributed by atoms with E-state index in [9.17, 15) is 0 Å². The Hall–Kier alpha value is -0.860. The number of hydrogen-bond donors (Lipinski definition) is 1. The molecule has 1 N–H and O–H groups in total. The highest BCUT2D eigenvalue weighted by atomic mass is 16.5. The van der Waals surface area contributed by atoms with Crippen molar-refractivity contribution in [1.29, 1.82) is 0 Å². The van der Waals surface area contributed by atoms with Gasteiger partial charge < -0.3 is 10.1 Å². The molecule has 0 radical (unpaired) electrons. The van der Waals surface area contributed by atoms with Gasteiger partial charge in [0, 0.05) is 12.6 Å². The highest BCUT2D eigenvalue weighted by Gasteiger charge is 2.23. The van der Waals surface area contributed by atoms with Crippen molar-refractivity contribution in [2.75, 3.05) is 13.2 Å². The molecular formula is C18H27NO. The highest BCUT2D eigenvalue weighted by molar-refractivity contribution is 5.31. The van der Waals surface area contributed by atoms with E-state index in [1.54, 1.807) is 0 Å². The molecule has 1 aliphatic carbocycles. The molecule has 1 heterocycles. The van der Waals surface area contributed by atoms with E-state index in [2.05, 4.69) is 36.5 Å². The van der Waals surface area contributed by atoms with Crippen LogP contribution in [0.4, 0.5) is 0 Å². The standard InChI is InChI=1S/C18H27NO/c1-2-14-7-9-16(10-8-14)19-13-18-17-6-4-3-5-15(17)11-12-20-18/h3-6,14,16,18-19H,2,7-13H2,1H3. The molecule has 1 unspecified atom stereocenters. The third kappa shape index (κ3) is 3.24. The van der Waals surface area contributed by atoms with Crippen molar-refractivity contribution in [2.24, 2.45) is 5.92 Å². The van der Waals surface area contributed by atoms with Gasteiger partial charge >= 0.3 is 0 Å². The molecule has 0 spiro atoms. The van der Waals surface area contributed by atoms with Gasteiger partial charge in [-0.1, -0.05) is 37.6 Å². The fraction of sp³-hybridized carbons (Fsp3) is 0.667. The average molecular weight is 273 g/mol. The van der Waals surface area contributed by atoms with Crippen LogP contribution in [-0.4, -0.2) is 19.2 Å². The first-order valence-corrected chi connectivity index (χ1v) is 8.29. The summed E-state index contributed by atoms with van der Waals surface area (Å²) in [6, 6.07) is 9.45. The van der Waals surface area contributed by atoms with Crippen LogP contribution in [0.15, 0.2) is 24.3 Å². The molecule has 2 heteroatoms. The third-order valence-electron chi connectivity index (χ3n) is 5.11. The minimum absolute atomic E-state index is 0.254. The molecule has 2 aliphatic rings. The summed E-state index contributed by atoms with van der Waals surface area (Å²) in [5.41, 5.74) is 2.87. The van der Waals surface area contributed by atoms with E-state index >= 15 is 0 Å². The second kappa shape index (κ2) is 6.73. The molecule has 1 atom stereocenters. The molecule has 0 aromatic heterocycles. The van der Waals surface area contributed by atoms with Crippen molar-refractivity contribution in [3.8, 4) is 0 Å². The number of benzene rings is 1. The zero-order valence-corrected chi connectivity index (χ0v) is 12.6. The number of ether oxygens (including phenoxy) is 1. The molecule has 0 bridgehead atoms. The second-order valence-corrected chi connectivity index (χ2v) is 6.34. The van der Waals surface area contributed by atoms with Crippen molar-refractivity contribution in [1.82, 2.24) is 5.32 Å². The van der Waals surface area contributed by atoms with E-state index in [0.717, 1.165) is 25.5 Å². The molecule has 20 heavy (non-hydrogen) atoms. The number of rotatable bonds is 4. The van der Waals surface area contributed by atoms with Crippen LogP contribution >= 0.6 is 0 Å². The summed E-state index contributed by atoms with van der Waals surface area (Å²) in [5.74, 6) is 0.972. The van der Waals surface area contributed by atoms with Crippen LogP contribution in [0.1, 0.15) is 56.3 Å². The molecule has 1 aromatic carbocycles. The van der Waals surface area contributed by atoms with Gasteiger partial charge in [0.2, 0.25) is 0 Å². The average Bonchev–Trinajstić information content (AvgIpc) is 2.53. The summed E-state index contributed by atoms with van der Waals surface area (Å²) in [4.78, 5) is 0. The lowest BCUT2D eigenvalue weighted by atomic mass is 9.84. The van der Waals surface area contributed by atoms with Crippen LogP contribution in [0.2, 0.25) is 0 Å². The minimum Gasteiger partial charge on any atom is -0.372 e. The highest BCUT2D eigenvalue weighted by Crippen LogP contribution is 2.29. The summed E-state index contributed by atoms with van der Waals surface area (Å²) in [7, 11) is 0. The Bertz CT molecular complexity index is 423. The predicted molar refractivity (Wildman–Crippen MR) is 82.9 cm³/mol. The lowest BCUT2D eigenvalue weighted by molar-refractivity contribution is 0.0392. The zero-order chi connectivity index (χ0) is 13.8. The first-order valence-electron chi connectivity index (χ1n) is 8.29. The normalized spacial score (nSPS) is 29.9. The first-order chi connectivity index (χ1) is 9.86. The molecule has 1 saturated carbocycles. The largest absolute Gasteiger partial charge is 0.372 e. The second-order valence-electron chi connectivity index (χ2n) is 6.34. The number of hydrogen-bond acceptors (Lipinski definition) is 2. The molecule has 110 valence electrons. The van der Waals surface area contributed by atoms with Crippen LogP contribution in [-0.2, 0) is 11.2 Å². The van der Waals surface area contributed by atoms with Gasteiger partial charge in [-0.15, -0.1) is 0 Å². The van der Waals surface area contributed by atoms with Gasteiger partial charge in [0.1, 0.15) is 0 Å². The van der Waals surface area contributed by atoms with Gasteiger partial charge in [0.05, 0.1) is 12.7 Å². The number of fused-ring (bicyclic) bond motifs is 1. The monoisotopic (exact) mass is 273 g/mol. The zero-order valence-electron chi connectivity index (χ0n) is 12.6. The Kier molecular flexibility index (Phi) is 4.74. The lowest BCUT2D eigenvalue weighted by Crippen LogP contribution is -2.37. The maximum absolute atomic E-state index is 5.98. The van der Waals surface area contributed by atoms with E-state index in [-0.39, 0.29) is 6.10 Å². The van der Waals surface area contributed by atoms with Crippen LogP contribution in [0, 0.1) is 5.92 Å². The Balaban J connectivity index is 1.52. The van der Waals surface area contributed by atoms with E-state index in [0.29, 0.717) is 6.04 Å². The molecule has 3 rings (SSSR count). The van der Waals surface area contributed by atoms with E-state index in [1.165, 1.54) is 43.2 Å². The smallest absolute Gasteiger partial charge is 0.0952 e. The Morgan fingerprint density at radius 3 is 2.75 bits per heavy atom. The van der Waals surface area contributed by atoms with Crippen molar-refractivity contribution in [3.63, 3.8) is 0 Å².